The highest BCUT2D eigenvalue weighted by molar-refractivity contribution is 9.10. The lowest BCUT2D eigenvalue weighted by atomic mass is 10.0. The molecular formula is C21H24BrF3N6O2. The number of nitrogens with zero attached hydrogens (tertiary/aromatic N) is 4. The molecule has 0 bridgehead atoms. The molecule has 2 aliphatic heterocycles. The van der Waals surface area contributed by atoms with Gasteiger partial charge < -0.3 is 20.4 Å². The zero-order valence-corrected chi connectivity index (χ0v) is 19.5. The van der Waals surface area contributed by atoms with Crippen molar-refractivity contribution in [3.05, 3.63) is 45.4 Å². The molecule has 2 N–H and O–H groups in total. The molecule has 12 heteroatoms. The van der Waals surface area contributed by atoms with Crippen molar-refractivity contribution < 1.29 is 22.8 Å². The highest BCUT2D eigenvalue weighted by atomic mass is 79.9. The van der Waals surface area contributed by atoms with E-state index < -0.39 is 18.8 Å². The Labute approximate surface area is 197 Å². The second kappa shape index (κ2) is 9.72. The molecule has 3 heterocycles. The summed E-state index contributed by atoms with van der Waals surface area (Å²) in [6.45, 7) is 1.41. The van der Waals surface area contributed by atoms with E-state index in [2.05, 4.69) is 31.7 Å². The van der Waals surface area contributed by atoms with Crippen LogP contribution in [-0.4, -0.2) is 71.2 Å². The minimum atomic E-state index is -2.43. The fourth-order valence-corrected chi connectivity index (χ4v) is 4.61. The van der Waals surface area contributed by atoms with Crippen LogP contribution in [0.3, 0.4) is 0 Å². The number of hydrogen-bond donors (Lipinski definition) is 2. The van der Waals surface area contributed by atoms with Crippen LogP contribution in [0.2, 0.25) is 0 Å². The van der Waals surface area contributed by atoms with Crippen LogP contribution in [0.5, 0.6) is 0 Å². The number of hydrogen-bond acceptors (Lipinski definition) is 4. The average Bonchev–Trinajstić information content (AvgIpc) is 3.06. The number of amides is 3. The molecule has 0 aliphatic carbocycles. The van der Waals surface area contributed by atoms with Crippen LogP contribution >= 0.6 is 15.9 Å². The van der Waals surface area contributed by atoms with E-state index in [4.69, 9.17) is 0 Å². The second-order valence-electron chi connectivity index (χ2n) is 8.29. The smallest absolute Gasteiger partial charge is 0.322 e. The summed E-state index contributed by atoms with van der Waals surface area (Å²) in [6.07, 6.45) is -1.95. The number of aromatic nitrogens is 2. The van der Waals surface area contributed by atoms with Crippen LogP contribution in [-0.2, 0) is 19.5 Å². The van der Waals surface area contributed by atoms with Crippen LogP contribution in [0.15, 0.2) is 22.7 Å². The van der Waals surface area contributed by atoms with Gasteiger partial charge in [0.15, 0.2) is 0 Å². The van der Waals surface area contributed by atoms with Gasteiger partial charge in [0.25, 0.3) is 12.3 Å². The molecule has 2 aliphatic rings. The Morgan fingerprint density at radius 3 is 2.85 bits per heavy atom. The van der Waals surface area contributed by atoms with Crippen molar-refractivity contribution in [3.8, 4) is 0 Å². The number of carbonyl (C=O) groups excluding carboxylic acids is 2. The third-order valence-corrected chi connectivity index (χ3v) is 6.41. The van der Waals surface area contributed by atoms with Gasteiger partial charge in [0.05, 0.1) is 23.3 Å². The Morgan fingerprint density at radius 2 is 2.12 bits per heavy atom. The summed E-state index contributed by atoms with van der Waals surface area (Å²) in [5.41, 5.74) is 2.35. The van der Waals surface area contributed by atoms with Crippen molar-refractivity contribution in [2.24, 2.45) is 5.92 Å². The lowest BCUT2D eigenvalue weighted by Gasteiger charge is -2.27. The van der Waals surface area contributed by atoms with Crippen LogP contribution in [0, 0.1) is 11.7 Å². The number of benzene rings is 1. The molecule has 0 saturated carbocycles. The van der Waals surface area contributed by atoms with E-state index in [1.54, 1.807) is 21.5 Å². The van der Waals surface area contributed by atoms with Crippen molar-refractivity contribution in [2.75, 3.05) is 38.5 Å². The SMILES string of the molecule is CN1CC(CNCC(F)F)Cn2nc3c(c2C1=O)CN(C(=O)Nc1ccc(F)c(Br)c1)CC3. The average molecular weight is 529 g/mol. The zero-order valence-electron chi connectivity index (χ0n) is 18.0. The summed E-state index contributed by atoms with van der Waals surface area (Å²) >= 11 is 3.10. The quantitative estimate of drug-likeness (QED) is 0.625. The maximum atomic E-state index is 13.5. The number of rotatable bonds is 5. The maximum absolute atomic E-state index is 13.5. The molecule has 1 aromatic carbocycles. The van der Waals surface area contributed by atoms with Gasteiger partial charge in [0, 0.05) is 56.8 Å². The van der Waals surface area contributed by atoms with Crippen LogP contribution in [0.1, 0.15) is 21.7 Å². The summed E-state index contributed by atoms with van der Waals surface area (Å²) in [7, 11) is 1.68. The number of nitrogens with one attached hydrogen (secondary N) is 2. The molecule has 8 nitrogen and oxygen atoms in total. The summed E-state index contributed by atoms with van der Waals surface area (Å²) < 4.78 is 40.3. The predicted molar refractivity (Wildman–Crippen MR) is 119 cm³/mol. The first-order valence-electron chi connectivity index (χ1n) is 10.6. The van der Waals surface area contributed by atoms with Gasteiger partial charge in [-0.05, 0) is 34.1 Å². The highest BCUT2D eigenvalue weighted by Crippen LogP contribution is 2.27. The molecule has 2 aromatic rings. The first-order valence-corrected chi connectivity index (χ1v) is 11.4. The third-order valence-electron chi connectivity index (χ3n) is 5.80. The molecule has 0 radical (unpaired) electrons. The lowest BCUT2D eigenvalue weighted by Crippen LogP contribution is -2.40. The van der Waals surface area contributed by atoms with Crippen molar-refractivity contribution >= 4 is 33.6 Å². The summed E-state index contributed by atoms with van der Waals surface area (Å²) in [4.78, 5) is 29.1. The minimum absolute atomic E-state index is 0.0726. The number of carbonyl (C=O) groups is 2. The van der Waals surface area contributed by atoms with E-state index in [0.717, 1.165) is 5.69 Å². The lowest BCUT2D eigenvalue weighted by molar-refractivity contribution is 0.0776. The Kier molecular flexibility index (Phi) is 6.94. The summed E-state index contributed by atoms with van der Waals surface area (Å²) in [5.74, 6) is -0.704. The Bertz CT molecular complexity index is 1060. The van der Waals surface area contributed by atoms with Crippen molar-refractivity contribution in [3.63, 3.8) is 0 Å². The van der Waals surface area contributed by atoms with Crippen LogP contribution in [0.25, 0.3) is 0 Å². The van der Waals surface area contributed by atoms with Crippen LogP contribution in [0.4, 0.5) is 23.7 Å². The highest BCUT2D eigenvalue weighted by Gasteiger charge is 2.34. The monoisotopic (exact) mass is 528 g/mol. The summed E-state index contributed by atoms with van der Waals surface area (Å²) in [6, 6.07) is 3.85. The standard InChI is InChI=1S/C21H24BrF3N6O2/c1-29-9-12(7-26-8-18(24)25)10-31-19(20(29)32)14-11-30(5-4-17(14)28-31)21(33)27-13-2-3-16(23)15(22)6-13/h2-3,6,12,18,26H,4-5,7-11H2,1H3,(H,27,33). The van der Waals surface area contributed by atoms with Crippen molar-refractivity contribution in [2.45, 2.75) is 25.9 Å². The Morgan fingerprint density at radius 1 is 1.33 bits per heavy atom. The number of anilines is 1. The van der Waals surface area contributed by atoms with Gasteiger partial charge in [0.2, 0.25) is 0 Å². The molecule has 0 spiro atoms. The topological polar surface area (TPSA) is 82.5 Å². The fraction of sp³-hybridized carbons (Fsp3) is 0.476. The molecule has 1 unspecified atom stereocenters. The van der Waals surface area contributed by atoms with Gasteiger partial charge in [-0.1, -0.05) is 0 Å². The molecule has 1 aromatic heterocycles. The number of fused-ring (bicyclic) bond motifs is 3. The van der Waals surface area contributed by atoms with Crippen molar-refractivity contribution in [1.29, 1.82) is 0 Å². The van der Waals surface area contributed by atoms with E-state index in [1.165, 1.54) is 18.2 Å². The van der Waals surface area contributed by atoms with E-state index >= 15 is 0 Å². The molecule has 1 atom stereocenters. The molecule has 4 rings (SSSR count). The third kappa shape index (κ3) is 5.16. The molecule has 0 saturated heterocycles. The number of alkyl halides is 2. The molecular weight excluding hydrogens is 505 g/mol. The first kappa shape index (κ1) is 23.6. The van der Waals surface area contributed by atoms with Gasteiger partial charge in [-0.15, -0.1) is 0 Å². The zero-order chi connectivity index (χ0) is 23.7. The van der Waals surface area contributed by atoms with E-state index in [0.29, 0.717) is 49.5 Å². The normalized spacial score (nSPS) is 18.2. The van der Waals surface area contributed by atoms with Crippen LogP contribution < -0.4 is 10.6 Å². The van der Waals surface area contributed by atoms with Gasteiger partial charge in [-0.25, -0.2) is 18.0 Å². The molecule has 33 heavy (non-hydrogen) atoms. The number of halogens is 4. The van der Waals surface area contributed by atoms with E-state index in [9.17, 15) is 22.8 Å². The molecule has 178 valence electrons. The van der Waals surface area contributed by atoms with Gasteiger partial charge >= 0.3 is 6.03 Å². The van der Waals surface area contributed by atoms with Gasteiger partial charge in [0.1, 0.15) is 11.5 Å². The minimum Gasteiger partial charge on any atom is -0.340 e. The largest absolute Gasteiger partial charge is 0.340 e. The fourth-order valence-electron chi connectivity index (χ4n) is 4.23. The van der Waals surface area contributed by atoms with E-state index in [-0.39, 0.29) is 28.9 Å². The number of urea groups is 1. The van der Waals surface area contributed by atoms with Gasteiger partial charge in [-0.3, -0.25) is 9.48 Å². The maximum Gasteiger partial charge on any atom is 0.322 e. The van der Waals surface area contributed by atoms with Crippen molar-refractivity contribution in [1.82, 2.24) is 24.9 Å². The first-order chi connectivity index (χ1) is 15.7. The molecule has 3 amide bonds. The second-order valence-corrected chi connectivity index (χ2v) is 9.14. The molecule has 0 fully saturated rings. The Hall–Kier alpha value is -2.60. The van der Waals surface area contributed by atoms with Gasteiger partial charge in [-0.2, -0.15) is 5.10 Å². The van der Waals surface area contributed by atoms with E-state index in [1.807, 2.05) is 0 Å². The Balaban J connectivity index is 1.50. The predicted octanol–water partition coefficient (Wildman–Crippen LogP) is 2.93. The summed E-state index contributed by atoms with van der Waals surface area (Å²) in [5, 5.41) is 10.1.